The van der Waals surface area contributed by atoms with Crippen LogP contribution < -0.4 is 11.5 Å². The van der Waals surface area contributed by atoms with E-state index < -0.39 is 5.82 Å². The number of ether oxygens (including phenoxy) is 1. The zero-order valence-electron chi connectivity index (χ0n) is 10.1. The largest absolute Gasteiger partial charge is 0.396 e. The van der Waals surface area contributed by atoms with Gasteiger partial charge in [-0.05, 0) is 35.2 Å². The third kappa shape index (κ3) is 3.01. The molecule has 1 fully saturated rings. The maximum absolute atomic E-state index is 13.6. The quantitative estimate of drug-likeness (QED) is 0.488. The summed E-state index contributed by atoms with van der Waals surface area (Å²) >= 11 is 9.03. The van der Waals surface area contributed by atoms with E-state index in [2.05, 4.69) is 20.9 Å². The Kier molecular flexibility index (Phi) is 4.65. The van der Waals surface area contributed by atoms with Crippen molar-refractivity contribution < 1.29 is 9.13 Å². The molecular weight excluding hydrogens is 337 g/mol. The van der Waals surface area contributed by atoms with E-state index in [1.54, 1.807) is 0 Å². The maximum atomic E-state index is 13.6. The number of nitrogens with zero attached hydrogens (tertiary/aromatic N) is 1. The molecule has 104 valence electrons. The Morgan fingerprint density at radius 2 is 2.11 bits per heavy atom. The predicted octanol–water partition coefficient (Wildman–Crippen LogP) is 3.35. The van der Waals surface area contributed by atoms with Crippen LogP contribution >= 0.6 is 27.5 Å². The van der Waals surface area contributed by atoms with Crippen molar-refractivity contribution in [3.63, 3.8) is 0 Å². The van der Waals surface area contributed by atoms with Crippen molar-refractivity contribution in [1.82, 2.24) is 0 Å². The van der Waals surface area contributed by atoms with Gasteiger partial charge in [-0.1, -0.05) is 11.6 Å². The molecule has 0 bridgehead atoms. The number of hydrogen-bond acceptors (Lipinski definition) is 4. The first kappa shape index (κ1) is 14.6. The molecule has 19 heavy (non-hydrogen) atoms. The molecule has 0 aliphatic carbocycles. The second-order valence-corrected chi connectivity index (χ2v) is 5.45. The highest BCUT2D eigenvalue weighted by atomic mass is 79.9. The van der Waals surface area contributed by atoms with Crippen LogP contribution in [0.15, 0.2) is 9.47 Å². The van der Waals surface area contributed by atoms with Crippen LogP contribution in [0.3, 0.4) is 0 Å². The number of nitrogen functional groups attached to an aromatic ring is 2. The van der Waals surface area contributed by atoms with Gasteiger partial charge in [-0.25, -0.2) is 4.39 Å². The van der Waals surface area contributed by atoms with E-state index in [1.807, 2.05) is 0 Å². The van der Waals surface area contributed by atoms with Gasteiger partial charge in [0.2, 0.25) is 0 Å². The fourth-order valence-corrected chi connectivity index (χ4v) is 2.53. The van der Waals surface area contributed by atoms with Crippen molar-refractivity contribution in [1.29, 1.82) is 0 Å². The highest BCUT2D eigenvalue weighted by molar-refractivity contribution is 9.10. The minimum atomic E-state index is -0.725. The maximum Gasteiger partial charge on any atom is 0.167 e. The van der Waals surface area contributed by atoms with Crippen LogP contribution in [0.25, 0.3) is 0 Å². The number of nitrogens with two attached hydrogens (primary N) is 2. The Balaban J connectivity index is 2.31. The zero-order chi connectivity index (χ0) is 14.0. The third-order valence-electron chi connectivity index (χ3n) is 2.96. The molecule has 1 saturated heterocycles. The molecule has 4 N–H and O–H groups in total. The van der Waals surface area contributed by atoms with E-state index in [1.165, 1.54) is 6.21 Å². The summed E-state index contributed by atoms with van der Waals surface area (Å²) in [6, 6.07) is 0. The summed E-state index contributed by atoms with van der Waals surface area (Å²) < 4.78 is 19.4. The molecule has 1 heterocycles. The molecule has 1 aliphatic rings. The minimum absolute atomic E-state index is 0.0993. The molecule has 1 aromatic rings. The highest BCUT2D eigenvalue weighted by Gasteiger charge is 2.18. The molecule has 0 radical (unpaired) electrons. The van der Waals surface area contributed by atoms with E-state index in [-0.39, 0.29) is 22.6 Å². The number of benzene rings is 1. The fraction of sp³-hybridized carbons (Fsp3) is 0.417. The summed E-state index contributed by atoms with van der Waals surface area (Å²) in [6.07, 6.45) is 4.32. The van der Waals surface area contributed by atoms with Crippen LogP contribution in [-0.2, 0) is 4.74 Å². The van der Waals surface area contributed by atoms with Gasteiger partial charge < -0.3 is 16.2 Å². The Morgan fingerprint density at radius 3 is 2.74 bits per heavy atom. The Bertz CT molecular complexity index is 489. The van der Waals surface area contributed by atoms with E-state index in [4.69, 9.17) is 27.8 Å². The summed E-state index contributed by atoms with van der Waals surface area (Å²) in [4.78, 5) is 4.29. The summed E-state index contributed by atoms with van der Waals surface area (Å²) in [7, 11) is 0. The van der Waals surface area contributed by atoms with Crippen molar-refractivity contribution in [2.24, 2.45) is 4.99 Å². The van der Waals surface area contributed by atoms with Gasteiger partial charge in [0.25, 0.3) is 0 Å². The first-order valence-corrected chi connectivity index (χ1v) is 7.05. The molecule has 0 saturated carbocycles. The van der Waals surface area contributed by atoms with Crippen molar-refractivity contribution in [3.05, 3.63) is 20.9 Å². The van der Waals surface area contributed by atoms with Gasteiger partial charge in [-0.3, -0.25) is 4.99 Å². The van der Waals surface area contributed by atoms with Crippen LogP contribution in [0.4, 0.5) is 15.8 Å². The number of anilines is 2. The second kappa shape index (κ2) is 6.07. The average molecular weight is 351 g/mol. The van der Waals surface area contributed by atoms with E-state index >= 15 is 0 Å². The predicted molar refractivity (Wildman–Crippen MR) is 79.1 cm³/mol. The van der Waals surface area contributed by atoms with Crippen LogP contribution in [-0.4, -0.2) is 19.0 Å². The van der Waals surface area contributed by atoms with Gasteiger partial charge in [-0.2, -0.15) is 0 Å². The summed E-state index contributed by atoms with van der Waals surface area (Å²) in [5, 5.41) is -0.0993. The Hall–Kier alpha value is -0.850. The molecule has 1 atom stereocenters. The van der Waals surface area contributed by atoms with E-state index in [0.717, 1.165) is 19.3 Å². The summed E-state index contributed by atoms with van der Waals surface area (Å²) in [5.74, 6) is -0.725. The van der Waals surface area contributed by atoms with Crippen LogP contribution in [0, 0.1) is 5.82 Å². The van der Waals surface area contributed by atoms with Gasteiger partial charge >= 0.3 is 0 Å². The molecule has 1 aromatic carbocycles. The lowest BCUT2D eigenvalue weighted by Crippen LogP contribution is -2.17. The van der Waals surface area contributed by atoms with Gasteiger partial charge in [0.05, 0.1) is 20.9 Å². The van der Waals surface area contributed by atoms with Crippen LogP contribution in [0.2, 0.25) is 5.02 Å². The third-order valence-corrected chi connectivity index (χ3v) is 4.37. The lowest BCUT2D eigenvalue weighted by Gasteiger charge is -2.19. The van der Waals surface area contributed by atoms with Crippen LogP contribution in [0.5, 0.6) is 0 Å². The summed E-state index contributed by atoms with van der Waals surface area (Å²) in [6.45, 7) is 0.699. The molecule has 2 rings (SSSR count). The molecule has 1 aliphatic heterocycles. The van der Waals surface area contributed by atoms with Crippen molar-refractivity contribution >= 4 is 45.1 Å². The van der Waals surface area contributed by atoms with Crippen molar-refractivity contribution in [2.45, 2.75) is 25.5 Å². The molecule has 0 spiro atoms. The average Bonchev–Trinajstić information content (AvgIpc) is 2.44. The first-order valence-electron chi connectivity index (χ1n) is 5.88. The molecular formula is C12H14BrClFN3O. The number of hydrogen-bond donors (Lipinski definition) is 2. The van der Waals surface area contributed by atoms with Crippen molar-refractivity contribution in [2.75, 3.05) is 18.1 Å². The first-order chi connectivity index (χ1) is 9.02. The monoisotopic (exact) mass is 349 g/mol. The molecule has 0 aromatic heterocycles. The molecule has 0 amide bonds. The zero-order valence-corrected chi connectivity index (χ0v) is 12.5. The molecule has 1 unspecified atom stereocenters. The van der Waals surface area contributed by atoms with E-state index in [9.17, 15) is 4.39 Å². The Morgan fingerprint density at radius 1 is 1.37 bits per heavy atom. The van der Waals surface area contributed by atoms with Crippen molar-refractivity contribution in [3.8, 4) is 0 Å². The lowest BCUT2D eigenvalue weighted by atomic mass is 10.1. The topological polar surface area (TPSA) is 73.6 Å². The van der Waals surface area contributed by atoms with Gasteiger partial charge in [0.1, 0.15) is 6.23 Å². The summed E-state index contributed by atoms with van der Waals surface area (Å²) in [5.41, 5.74) is 11.8. The normalized spacial score (nSPS) is 20.1. The lowest BCUT2D eigenvalue weighted by molar-refractivity contribution is 0.0227. The number of aliphatic imine (C=N–C) groups is 1. The molecule has 4 nitrogen and oxygen atoms in total. The second-order valence-electron chi connectivity index (χ2n) is 4.28. The fourth-order valence-electron chi connectivity index (χ4n) is 1.84. The number of halogens is 3. The smallest absolute Gasteiger partial charge is 0.167 e. The van der Waals surface area contributed by atoms with E-state index in [0.29, 0.717) is 16.6 Å². The standard InChI is InChI=1S/C12H14BrClFN3O/c13-8-6(5-18-7-3-1-2-4-19-7)11(16)12(17)10(15)9(8)14/h5,7H,1-4,16-17H2/b18-5+. The Labute approximate surface area is 124 Å². The number of rotatable bonds is 2. The SMILES string of the molecule is Nc1c(N)c(/C=N/C2CCCCO2)c(Br)c(Cl)c1F. The van der Waals surface area contributed by atoms with Gasteiger partial charge in [-0.15, -0.1) is 0 Å². The van der Waals surface area contributed by atoms with Crippen LogP contribution in [0.1, 0.15) is 24.8 Å². The van der Waals surface area contributed by atoms with Gasteiger partial charge in [0, 0.05) is 18.4 Å². The van der Waals surface area contributed by atoms with Gasteiger partial charge in [0.15, 0.2) is 5.82 Å². The minimum Gasteiger partial charge on any atom is -0.396 e. The molecule has 7 heteroatoms. The highest BCUT2D eigenvalue weighted by Crippen LogP contribution is 2.37.